The van der Waals surface area contributed by atoms with Crippen LogP contribution >= 0.6 is 11.6 Å². The zero-order valence-electron chi connectivity index (χ0n) is 22.4. The minimum atomic E-state index is -0.514. The van der Waals surface area contributed by atoms with Gasteiger partial charge in [0.1, 0.15) is 12.6 Å². The highest BCUT2D eigenvalue weighted by atomic mass is 35.5. The first kappa shape index (κ1) is 28.0. The minimum Gasteiger partial charge on any atom is -0.337 e. The van der Waals surface area contributed by atoms with Gasteiger partial charge in [0.05, 0.1) is 4.92 Å². The van der Waals surface area contributed by atoms with E-state index in [0.717, 1.165) is 24.0 Å². The summed E-state index contributed by atoms with van der Waals surface area (Å²) in [6.45, 7) is 2.03. The Hall–Kier alpha value is -4.57. The highest BCUT2D eigenvalue weighted by molar-refractivity contribution is 6.30. The van der Waals surface area contributed by atoms with Crippen LogP contribution in [0.1, 0.15) is 52.7 Å². The van der Waals surface area contributed by atoms with Crippen LogP contribution in [0.3, 0.4) is 0 Å². The molecule has 4 aromatic rings. The van der Waals surface area contributed by atoms with Crippen LogP contribution in [0.15, 0.2) is 77.3 Å². The number of nitro groups is 1. The smallest absolute Gasteiger partial charge is 0.273 e. The van der Waals surface area contributed by atoms with Crippen molar-refractivity contribution >= 4 is 29.1 Å². The molecule has 5 rings (SSSR count). The Kier molecular flexibility index (Phi) is 8.39. The number of rotatable bonds is 8. The van der Waals surface area contributed by atoms with Crippen molar-refractivity contribution in [2.45, 2.75) is 38.8 Å². The van der Waals surface area contributed by atoms with Crippen LogP contribution in [0, 0.1) is 17.0 Å². The van der Waals surface area contributed by atoms with Gasteiger partial charge >= 0.3 is 0 Å². The third-order valence-electron chi connectivity index (χ3n) is 7.13. The lowest BCUT2D eigenvalue weighted by molar-refractivity contribution is -0.385. The van der Waals surface area contributed by atoms with Crippen LogP contribution < -0.4 is 0 Å². The van der Waals surface area contributed by atoms with Gasteiger partial charge in [-0.05, 0) is 62.1 Å². The average molecular weight is 574 g/mol. The predicted octanol–water partition coefficient (Wildman–Crippen LogP) is 6.00. The molecule has 0 bridgehead atoms. The van der Waals surface area contributed by atoms with Crippen molar-refractivity contribution in [2.75, 3.05) is 13.1 Å². The van der Waals surface area contributed by atoms with E-state index in [2.05, 4.69) is 10.1 Å². The Bertz CT molecular complexity index is 1560. The molecule has 1 aromatic heterocycles. The van der Waals surface area contributed by atoms with Crippen LogP contribution in [0.25, 0.3) is 11.4 Å². The van der Waals surface area contributed by atoms with Crippen LogP contribution in [0.2, 0.25) is 5.02 Å². The number of nitrogens with zero attached hydrogens (tertiary/aromatic N) is 5. The number of benzene rings is 3. The molecule has 1 saturated heterocycles. The lowest BCUT2D eigenvalue weighted by Gasteiger charge is -2.35. The maximum Gasteiger partial charge on any atom is 0.273 e. The van der Waals surface area contributed by atoms with Crippen molar-refractivity contribution in [3.05, 3.63) is 111 Å². The predicted molar refractivity (Wildman–Crippen MR) is 152 cm³/mol. The van der Waals surface area contributed by atoms with Crippen molar-refractivity contribution in [1.29, 1.82) is 0 Å². The number of aryl methyl sites for hydroxylation is 1. The van der Waals surface area contributed by atoms with Gasteiger partial charge in [-0.15, -0.1) is 0 Å². The molecule has 3 aromatic carbocycles. The summed E-state index contributed by atoms with van der Waals surface area (Å²) in [6, 6.07) is 20.3. The normalized spacial score (nSPS) is 15.0. The largest absolute Gasteiger partial charge is 0.337 e. The first-order chi connectivity index (χ1) is 19.8. The second kappa shape index (κ2) is 12.3. The van der Waals surface area contributed by atoms with Gasteiger partial charge in [0.2, 0.25) is 17.6 Å². The number of carbonyl (C=O) groups is 2. The standard InChI is InChI=1S/C30H28ClN5O5/c1-20-10-11-23(17-26(20)36(39)40)30(38)34(18-21-7-3-2-4-8-21)19-27(37)35-16-6-5-9-25(35)29-32-28(33-41-29)22-12-14-24(31)15-13-22/h2-4,7-8,10-15,17,25H,5-6,9,16,18-19H2,1H3. The van der Waals surface area contributed by atoms with Gasteiger partial charge in [-0.2, -0.15) is 4.98 Å². The van der Waals surface area contributed by atoms with Crippen molar-refractivity contribution in [2.24, 2.45) is 0 Å². The zero-order valence-corrected chi connectivity index (χ0v) is 23.2. The number of hydrogen-bond acceptors (Lipinski definition) is 7. The molecule has 41 heavy (non-hydrogen) atoms. The van der Waals surface area contributed by atoms with Crippen LogP contribution in [-0.4, -0.2) is 49.8 Å². The first-order valence-corrected chi connectivity index (χ1v) is 13.6. The van der Waals surface area contributed by atoms with Gasteiger partial charge in [0.25, 0.3) is 11.6 Å². The quantitative estimate of drug-likeness (QED) is 0.187. The number of halogens is 1. The van der Waals surface area contributed by atoms with E-state index in [1.807, 2.05) is 30.3 Å². The van der Waals surface area contributed by atoms with Gasteiger partial charge in [-0.1, -0.05) is 53.2 Å². The van der Waals surface area contributed by atoms with Crippen molar-refractivity contribution in [3.63, 3.8) is 0 Å². The molecule has 1 aliphatic rings. The number of likely N-dealkylation sites (tertiary alicyclic amines) is 1. The molecular formula is C30H28ClN5O5. The second-order valence-electron chi connectivity index (χ2n) is 9.97. The Labute approximate surface area is 241 Å². The molecule has 0 aliphatic carbocycles. The lowest BCUT2D eigenvalue weighted by Crippen LogP contribution is -2.45. The molecule has 0 spiro atoms. The van der Waals surface area contributed by atoms with Gasteiger partial charge < -0.3 is 14.3 Å². The Morgan fingerprint density at radius 3 is 2.59 bits per heavy atom. The zero-order chi connectivity index (χ0) is 28.9. The molecule has 0 N–H and O–H groups in total. The molecule has 0 radical (unpaired) electrons. The second-order valence-corrected chi connectivity index (χ2v) is 10.4. The fourth-order valence-electron chi connectivity index (χ4n) is 4.95. The molecule has 10 nitrogen and oxygen atoms in total. The van der Waals surface area contributed by atoms with E-state index < -0.39 is 16.9 Å². The highest BCUT2D eigenvalue weighted by Crippen LogP contribution is 2.32. The fourth-order valence-corrected chi connectivity index (χ4v) is 5.08. The molecule has 0 saturated carbocycles. The lowest BCUT2D eigenvalue weighted by atomic mass is 10.0. The van der Waals surface area contributed by atoms with Crippen molar-refractivity contribution < 1.29 is 19.0 Å². The topological polar surface area (TPSA) is 123 Å². The summed E-state index contributed by atoms with van der Waals surface area (Å²) in [4.78, 5) is 46.1. The maximum absolute atomic E-state index is 13.8. The third kappa shape index (κ3) is 6.44. The van der Waals surface area contributed by atoms with E-state index in [9.17, 15) is 19.7 Å². The van der Waals surface area contributed by atoms with E-state index >= 15 is 0 Å². The van der Waals surface area contributed by atoms with E-state index in [4.69, 9.17) is 16.1 Å². The minimum absolute atomic E-state index is 0.144. The molecule has 2 heterocycles. The molecule has 11 heteroatoms. The van der Waals surface area contributed by atoms with E-state index in [1.165, 1.54) is 11.0 Å². The summed E-state index contributed by atoms with van der Waals surface area (Å²) in [5.41, 5.74) is 2.02. The summed E-state index contributed by atoms with van der Waals surface area (Å²) in [5, 5.41) is 16.2. The van der Waals surface area contributed by atoms with Crippen molar-refractivity contribution in [3.8, 4) is 11.4 Å². The SMILES string of the molecule is Cc1ccc(C(=O)N(CC(=O)N2CCCCC2c2nc(-c3ccc(Cl)cc3)no2)Cc2ccccc2)cc1[N+](=O)[O-]. The number of carbonyl (C=O) groups excluding carboxylic acids is 2. The fraction of sp³-hybridized carbons (Fsp3) is 0.267. The van der Waals surface area contributed by atoms with E-state index in [1.54, 1.807) is 48.2 Å². The van der Waals surface area contributed by atoms with E-state index in [-0.39, 0.29) is 30.2 Å². The van der Waals surface area contributed by atoms with Gasteiger partial charge in [-0.25, -0.2) is 0 Å². The van der Waals surface area contributed by atoms with Gasteiger partial charge in [0, 0.05) is 40.9 Å². The average Bonchev–Trinajstić information content (AvgIpc) is 3.48. The van der Waals surface area contributed by atoms with Crippen LogP contribution in [0.5, 0.6) is 0 Å². The summed E-state index contributed by atoms with van der Waals surface area (Å²) >= 11 is 6.00. The van der Waals surface area contributed by atoms with Gasteiger partial charge in [-0.3, -0.25) is 19.7 Å². The number of aromatic nitrogens is 2. The van der Waals surface area contributed by atoms with E-state index in [0.29, 0.717) is 35.3 Å². The van der Waals surface area contributed by atoms with Crippen molar-refractivity contribution in [1.82, 2.24) is 19.9 Å². The Balaban J connectivity index is 1.40. The molecule has 210 valence electrons. The summed E-state index contributed by atoms with van der Waals surface area (Å²) < 4.78 is 5.60. The molecule has 1 atom stereocenters. The Morgan fingerprint density at radius 2 is 1.85 bits per heavy atom. The van der Waals surface area contributed by atoms with Crippen LogP contribution in [0.4, 0.5) is 5.69 Å². The molecule has 1 unspecified atom stereocenters. The summed E-state index contributed by atoms with van der Waals surface area (Å²) in [5.74, 6) is -0.0110. The van der Waals surface area contributed by atoms with Gasteiger partial charge in [0.15, 0.2) is 0 Å². The van der Waals surface area contributed by atoms with Crippen LogP contribution in [-0.2, 0) is 11.3 Å². The monoisotopic (exact) mass is 573 g/mol. The summed E-state index contributed by atoms with van der Waals surface area (Å²) in [6.07, 6.45) is 2.33. The third-order valence-corrected chi connectivity index (χ3v) is 7.39. The summed E-state index contributed by atoms with van der Waals surface area (Å²) in [7, 11) is 0. The maximum atomic E-state index is 13.8. The molecule has 1 fully saturated rings. The molecular weight excluding hydrogens is 546 g/mol. The number of amides is 2. The number of piperidine rings is 1. The highest BCUT2D eigenvalue weighted by Gasteiger charge is 2.34. The number of hydrogen-bond donors (Lipinski definition) is 0. The Morgan fingerprint density at radius 1 is 1.10 bits per heavy atom. The number of nitro benzene ring substituents is 1. The first-order valence-electron chi connectivity index (χ1n) is 13.3. The molecule has 2 amide bonds. The molecule has 1 aliphatic heterocycles.